The number of hydrogen-bond acceptors (Lipinski definition) is 6. The number of sulfonamides is 1. The van der Waals surface area contributed by atoms with Gasteiger partial charge in [-0.1, -0.05) is 11.6 Å². The average molecular weight is 350 g/mol. The summed E-state index contributed by atoms with van der Waals surface area (Å²) in [6.07, 6.45) is 0. The molecule has 0 aliphatic carbocycles. The van der Waals surface area contributed by atoms with E-state index >= 15 is 0 Å². The van der Waals surface area contributed by atoms with Gasteiger partial charge < -0.3 is 9.47 Å². The molecule has 2 N–H and O–H groups in total. The normalized spacial score (nSPS) is 11.9. The van der Waals surface area contributed by atoms with Gasteiger partial charge in [0.2, 0.25) is 10.0 Å². The van der Waals surface area contributed by atoms with Gasteiger partial charge in [-0.2, -0.15) is 0 Å². The predicted molar refractivity (Wildman–Crippen MR) is 79.0 cm³/mol. The Labute approximate surface area is 133 Å². The van der Waals surface area contributed by atoms with Crippen LogP contribution in [0, 0.1) is 0 Å². The van der Waals surface area contributed by atoms with E-state index in [0.29, 0.717) is 0 Å². The second-order valence-corrected chi connectivity index (χ2v) is 7.29. The molecule has 0 saturated heterocycles. The number of carbonyl (C=O) groups excluding carboxylic acids is 2. The highest BCUT2D eigenvalue weighted by atomic mass is 35.5. The van der Waals surface area contributed by atoms with E-state index in [1.165, 1.54) is 12.1 Å². The molecule has 0 aromatic heterocycles. The summed E-state index contributed by atoms with van der Waals surface area (Å²) in [5, 5.41) is 4.86. The number of ether oxygens (including phenoxy) is 2. The first kappa shape index (κ1) is 18.4. The van der Waals surface area contributed by atoms with Gasteiger partial charge in [0.15, 0.2) is 6.61 Å². The summed E-state index contributed by atoms with van der Waals surface area (Å²) >= 11 is 5.70. The van der Waals surface area contributed by atoms with Gasteiger partial charge in [0, 0.05) is 0 Å². The lowest BCUT2D eigenvalue weighted by molar-refractivity contribution is -0.158. The van der Waals surface area contributed by atoms with E-state index in [4.69, 9.17) is 26.2 Å². The SMILES string of the molecule is CC(C)(C)OC(=O)COC(=O)c1ccc(Cl)c(S(N)(=O)=O)c1. The third-order valence-corrected chi connectivity index (χ3v) is 3.61. The molecule has 0 bridgehead atoms. The molecule has 0 heterocycles. The topological polar surface area (TPSA) is 113 Å². The van der Waals surface area contributed by atoms with E-state index in [9.17, 15) is 18.0 Å². The van der Waals surface area contributed by atoms with Crippen molar-refractivity contribution in [1.29, 1.82) is 0 Å². The van der Waals surface area contributed by atoms with Crippen molar-refractivity contribution in [1.82, 2.24) is 0 Å². The second kappa shape index (κ2) is 6.64. The molecule has 22 heavy (non-hydrogen) atoms. The van der Waals surface area contributed by atoms with Gasteiger partial charge >= 0.3 is 11.9 Å². The third kappa shape index (κ3) is 5.63. The van der Waals surface area contributed by atoms with Gasteiger partial charge in [-0.15, -0.1) is 0 Å². The van der Waals surface area contributed by atoms with Crippen molar-refractivity contribution in [2.24, 2.45) is 5.14 Å². The van der Waals surface area contributed by atoms with Crippen LogP contribution in [0.5, 0.6) is 0 Å². The number of benzene rings is 1. The minimum Gasteiger partial charge on any atom is -0.457 e. The number of carbonyl (C=O) groups is 2. The Bertz CT molecular complexity index is 693. The molecule has 1 rings (SSSR count). The maximum Gasteiger partial charge on any atom is 0.344 e. The van der Waals surface area contributed by atoms with Crippen molar-refractivity contribution >= 4 is 33.6 Å². The van der Waals surface area contributed by atoms with E-state index < -0.39 is 39.1 Å². The quantitative estimate of drug-likeness (QED) is 0.824. The van der Waals surface area contributed by atoms with Crippen molar-refractivity contribution in [3.63, 3.8) is 0 Å². The predicted octanol–water partition coefficient (Wildman–Crippen LogP) is 1.49. The fraction of sp³-hybridized carbons (Fsp3) is 0.385. The van der Waals surface area contributed by atoms with Gasteiger partial charge in [-0.05, 0) is 39.0 Å². The van der Waals surface area contributed by atoms with Gasteiger partial charge in [-0.3, -0.25) is 0 Å². The Hall–Kier alpha value is -1.64. The minimum atomic E-state index is -4.08. The molecule has 0 radical (unpaired) electrons. The van der Waals surface area contributed by atoms with Crippen molar-refractivity contribution in [2.75, 3.05) is 6.61 Å². The van der Waals surface area contributed by atoms with Crippen molar-refractivity contribution in [3.05, 3.63) is 28.8 Å². The Balaban J connectivity index is 2.81. The van der Waals surface area contributed by atoms with Crippen molar-refractivity contribution in [3.8, 4) is 0 Å². The van der Waals surface area contributed by atoms with Crippen LogP contribution >= 0.6 is 11.6 Å². The fourth-order valence-electron chi connectivity index (χ4n) is 1.43. The summed E-state index contributed by atoms with van der Waals surface area (Å²) < 4.78 is 32.4. The van der Waals surface area contributed by atoms with Crippen LogP contribution in [-0.2, 0) is 24.3 Å². The molecule has 0 atom stereocenters. The lowest BCUT2D eigenvalue weighted by Crippen LogP contribution is -2.27. The van der Waals surface area contributed by atoms with E-state index in [0.717, 1.165) is 6.07 Å². The van der Waals surface area contributed by atoms with Gasteiger partial charge in [-0.25, -0.2) is 23.1 Å². The molecule has 0 spiro atoms. The smallest absolute Gasteiger partial charge is 0.344 e. The van der Waals surface area contributed by atoms with E-state index in [1.54, 1.807) is 20.8 Å². The largest absolute Gasteiger partial charge is 0.457 e. The lowest BCUT2D eigenvalue weighted by atomic mass is 10.2. The second-order valence-electron chi connectivity index (χ2n) is 5.35. The van der Waals surface area contributed by atoms with Crippen LogP contribution in [-0.4, -0.2) is 32.6 Å². The summed E-state index contributed by atoms with van der Waals surface area (Å²) in [5.41, 5.74) is -0.804. The maximum atomic E-state index is 11.8. The lowest BCUT2D eigenvalue weighted by Gasteiger charge is -2.19. The molecule has 0 amide bonds. The Morgan fingerprint density at radius 1 is 1.27 bits per heavy atom. The van der Waals surface area contributed by atoms with Crippen LogP contribution in [0.25, 0.3) is 0 Å². The van der Waals surface area contributed by atoms with Crippen molar-refractivity contribution in [2.45, 2.75) is 31.3 Å². The molecule has 122 valence electrons. The zero-order valence-corrected chi connectivity index (χ0v) is 13.8. The minimum absolute atomic E-state index is 0.100. The zero-order valence-electron chi connectivity index (χ0n) is 12.3. The Morgan fingerprint density at radius 2 is 1.86 bits per heavy atom. The first-order chi connectivity index (χ1) is 9.90. The molecular weight excluding hydrogens is 334 g/mol. The Morgan fingerprint density at radius 3 is 2.36 bits per heavy atom. The molecule has 1 aromatic carbocycles. The molecule has 0 unspecified atom stereocenters. The molecule has 0 aliphatic rings. The van der Waals surface area contributed by atoms with Crippen LogP contribution in [0.2, 0.25) is 5.02 Å². The number of esters is 2. The van der Waals surface area contributed by atoms with Gasteiger partial charge in [0.25, 0.3) is 0 Å². The van der Waals surface area contributed by atoms with E-state index in [-0.39, 0.29) is 10.6 Å². The van der Waals surface area contributed by atoms with Gasteiger partial charge in [0.1, 0.15) is 10.5 Å². The highest BCUT2D eigenvalue weighted by Gasteiger charge is 2.20. The molecule has 9 heteroatoms. The molecule has 7 nitrogen and oxygen atoms in total. The summed E-state index contributed by atoms with van der Waals surface area (Å²) in [6, 6.07) is 3.44. The van der Waals surface area contributed by atoms with Crippen LogP contribution in [0.4, 0.5) is 0 Å². The molecule has 0 fully saturated rings. The maximum absolute atomic E-state index is 11.8. The first-order valence-electron chi connectivity index (χ1n) is 6.11. The Kier molecular flexibility index (Phi) is 5.55. The molecule has 1 aromatic rings. The molecular formula is C13H16ClNO6S. The summed E-state index contributed by atoms with van der Waals surface area (Å²) in [7, 11) is -4.08. The highest BCUT2D eigenvalue weighted by Crippen LogP contribution is 2.21. The summed E-state index contributed by atoms with van der Waals surface area (Å²) in [5.74, 6) is -1.62. The summed E-state index contributed by atoms with van der Waals surface area (Å²) in [4.78, 5) is 22.8. The zero-order chi connectivity index (χ0) is 17.1. The average Bonchev–Trinajstić information content (AvgIpc) is 2.33. The highest BCUT2D eigenvalue weighted by molar-refractivity contribution is 7.89. The molecule has 0 saturated carbocycles. The van der Waals surface area contributed by atoms with Crippen molar-refractivity contribution < 1.29 is 27.5 Å². The van der Waals surface area contributed by atoms with Crippen LogP contribution in [0.15, 0.2) is 23.1 Å². The van der Waals surface area contributed by atoms with E-state index in [1.807, 2.05) is 0 Å². The monoisotopic (exact) mass is 349 g/mol. The van der Waals surface area contributed by atoms with Crippen LogP contribution in [0.3, 0.4) is 0 Å². The first-order valence-corrected chi connectivity index (χ1v) is 8.04. The van der Waals surface area contributed by atoms with Crippen LogP contribution < -0.4 is 5.14 Å². The number of halogens is 1. The number of hydrogen-bond donors (Lipinski definition) is 1. The van der Waals surface area contributed by atoms with E-state index in [2.05, 4.69) is 0 Å². The number of primary sulfonamides is 1. The van der Waals surface area contributed by atoms with Gasteiger partial charge in [0.05, 0.1) is 10.6 Å². The molecule has 0 aliphatic heterocycles. The third-order valence-electron chi connectivity index (χ3n) is 2.21. The number of nitrogens with two attached hydrogens (primary N) is 1. The fourth-order valence-corrected chi connectivity index (χ4v) is 2.50. The summed E-state index contributed by atoms with van der Waals surface area (Å²) in [6.45, 7) is 4.42. The number of rotatable bonds is 4. The standard InChI is InChI=1S/C13H16ClNO6S/c1-13(2,3)21-11(16)7-20-12(17)8-4-5-9(14)10(6-8)22(15,18)19/h4-6H,7H2,1-3H3,(H2,15,18,19). The van der Waals surface area contributed by atoms with Crippen LogP contribution in [0.1, 0.15) is 31.1 Å².